The van der Waals surface area contributed by atoms with Gasteiger partial charge in [0.15, 0.2) is 5.12 Å². The highest BCUT2D eigenvalue weighted by atomic mass is 32.2. The summed E-state index contributed by atoms with van der Waals surface area (Å²) in [6.45, 7) is 7.37. The van der Waals surface area contributed by atoms with E-state index in [9.17, 15) is 19.2 Å². The summed E-state index contributed by atoms with van der Waals surface area (Å²) in [7, 11) is 0. The predicted octanol–water partition coefficient (Wildman–Crippen LogP) is 1.28. The zero-order valence-electron chi connectivity index (χ0n) is 11.8. The fourth-order valence-electron chi connectivity index (χ4n) is 1.05. The van der Waals surface area contributed by atoms with Crippen LogP contribution in [0.5, 0.6) is 0 Å². The van der Waals surface area contributed by atoms with Crippen molar-refractivity contribution in [2.75, 3.05) is 12.4 Å². The summed E-state index contributed by atoms with van der Waals surface area (Å²) in [5, 5.41) is -0.149. The standard InChI is InChI=1S/C13H18O6S/c1-8(2)13(17)18-6-11(7-20-10(4)15)19-12(16)5-9(3)14/h11H,1,5-7H2,2-4H3. The van der Waals surface area contributed by atoms with Crippen LogP contribution in [0, 0.1) is 0 Å². The summed E-state index contributed by atoms with van der Waals surface area (Å²) in [5.41, 5.74) is 0.220. The van der Waals surface area contributed by atoms with Crippen molar-refractivity contribution in [3.05, 3.63) is 12.2 Å². The molecule has 0 aliphatic heterocycles. The minimum Gasteiger partial charge on any atom is -0.458 e. The summed E-state index contributed by atoms with van der Waals surface area (Å²) < 4.78 is 9.88. The second-order valence-electron chi connectivity index (χ2n) is 4.17. The van der Waals surface area contributed by atoms with Crippen LogP contribution in [0.15, 0.2) is 12.2 Å². The average Bonchev–Trinajstić information content (AvgIpc) is 2.30. The van der Waals surface area contributed by atoms with Gasteiger partial charge in [0.05, 0.1) is 0 Å². The summed E-state index contributed by atoms with van der Waals surface area (Å²) >= 11 is 0.946. The molecule has 7 heteroatoms. The molecule has 0 saturated carbocycles. The highest BCUT2D eigenvalue weighted by Gasteiger charge is 2.19. The second-order valence-corrected chi connectivity index (χ2v) is 5.37. The van der Waals surface area contributed by atoms with Crippen LogP contribution in [0.3, 0.4) is 0 Å². The van der Waals surface area contributed by atoms with Crippen LogP contribution >= 0.6 is 11.8 Å². The van der Waals surface area contributed by atoms with Crippen molar-refractivity contribution in [2.24, 2.45) is 0 Å². The first-order chi connectivity index (χ1) is 9.22. The number of ether oxygens (including phenoxy) is 2. The van der Waals surface area contributed by atoms with Crippen molar-refractivity contribution in [3.8, 4) is 0 Å². The number of Topliss-reactive ketones (excluding diaryl/α,β-unsaturated/α-hetero) is 1. The van der Waals surface area contributed by atoms with Gasteiger partial charge in [0.2, 0.25) is 0 Å². The first-order valence-corrected chi connectivity index (χ1v) is 6.85. The van der Waals surface area contributed by atoms with Gasteiger partial charge in [-0.15, -0.1) is 0 Å². The maximum absolute atomic E-state index is 11.4. The topological polar surface area (TPSA) is 86.7 Å². The lowest BCUT2D eigenvalue weighted by molar-refractivity contribution is -0.156. The van der Waals surface area contributed by atoms with Crippen LogP contribution in [-0.2, 0) is 28.7 Å². The van der Waals surface area contributed by atoms with Gasteiger partial charge >= 0.3 is 11.9 Å². The number of thioether (sulfide) groups is 1. The third-order valence-electron chi connectivity index (χ3n) is 1.91. The minimum atomic E-state index is -0.779. The second kappa shape index (κ2) is 9.30. The van der Waals surface area contributed by atoms with Crippen molar-refractivity contribution in [2.45, 2.75) is 33.3 Å². The van der Waals surface area contributed by atoms with Gasteiger partial charge in [0.1, 0.15) is 24.9 Å². The summed E-state index contributed by atoms with van der Waals surface area (Å²) in [4.78, 5) is 44.4. The Kier molecular flexibility index (Phi) is 8.54. The van der Waals surface area contributed by atoms with Gasteiger partial charge in [-0.25, -0.2) is 4.79 Å². The number of carbonyl (C=O) groups excluding carboxylic acids is 4. The number of hydrogen-bond donors (Lipinski definition) is 0. The van der Waals surface area contributed by atoms with Crippen LogP contribution in [0.2, 0.25) is 0 Å². The highest BCUT2D eigenvalue weighted by molar-refractivity contribution is 8.13. The number of hydrogen-bond acceptors (Lipinski definition) is 7. The predicted molar refractivity (Wildman–Crippen MR) is 74.1 cm³/mol. The minimum absolute atomic E-state index is 0.149. The Morgan fingerprint density at radius 1 is 1.15 bits per heavy atom. The van der Waals surface area contributed by atoms with Crippen molar-refractivity contribution in [1.82, 2.24) is 0 Å². The van der Waals surface area contributed by atoms with E-state index in [1.165, 1.54) is 20.8 Å². The summed E-state index contributed by atoms with van der Waals surface area (Å²) in [6.07, 6.45) is -1.13. The van der Waals surface area contributed by atoms with E-state index in [0.29, 0.717) is 0 Å². The molecular weight excluding hydrogens is 284 g/mol. The molecule has 0 fully saturated rings. The van der Waals surface area contributed by atoms with Crippen LogP contribution in [0.1, 0.15) is 27.2 Å². The Hall–Kier alpha value is -1.63. The number of rotatable bonds is 8. The molecule has 0 aromatic heterocycles. The third-order valence-corrected chi connectivity index (χ3v) is 2.86. The highest BCUT2D eigenvalue weighted by Crippen LogP contribution is 2.09. The Bertz CT molecular complexity index is 415. The molecule has 0 aromatic carbocycles. The van der Waals surface area contributed by atoms with Crippen molar-refractivity contribution in [3.63, 3.8) is 0 Å². The van der Waals surface area contributed by atoms with Gasteiger partial charge in [-0.05, 0) is 13.8 Å². The lowest BCUT2D eigenvalue weighted by Gasteiger charge is -2.16. The van der Waals surface area contributed by atoms with E-state index in [1.807, 2.05) is 0 Å². The molecule has 0 aliphatic carbocycles. The van der Waals surface area contributed by atoms with Gasteiger partial charge in [-0.3, -0.25) is 14.4 Å². The molecule has 0 saturated heterocycles. The third kappa shape index (κ3) is 9.32. The van der Waals surface area contributed by atoms with Crippen molar-refractivity contribution < 1.29 is 28.7 Å². The zero-order valence-corrected chi connectivity index (χ0v) is 12.6. The molecule has 0 spiro atoms. The van der Waals surface area contributed by atoms with Crippen LogP contribution in [0.25, 0.3) is 0 Å². The van der Waals surface area contributed by atoms with E-state index in [1.54, 1.807) is 0 Å². The zero-order chi connectivity index (χ0) is 15.7. The van der Waals surface area contributed by atoms with Crippen LogP contribution in [-0.4, -0.2) is 41.3 Å². The molecule has 0 bridgehead atoms. The van der Waals surface area contributed by atoms with Crippen molar-refractivity contribution in [1.29, 1.82) is 0 Å². The molecule has 0 aromatic rings. The normalized spacial score (nSPS) is 11.3. The average molecular weight is 302 g/mol. The molecule has 20 heavy (non-hydrogen) atoms. The summed E-state index contributed by atoms with van der Waals surface area (Å²) in [5.74, 6) is -1.49. The molecule has 112 valence electrons. The molecule has 0 heterocycles. The lowest BCUT2D eigenvalue weighted by atomic mass is 10.3. The number of ketones is 1. The van der Waals surface area contributed by atoms with E-state index in [4.69, 9.17) is 9.47 Å². The van der Waals surface area contributed by atoms with Gasteiger partial charge in [0, 0.05) is 18.2 Å². The molecule has 1 atom stereocenters. The number of carbonyl (C=O) groups is 4. The number of esters is 2. The van der Waals surface area contributed by atoms with E-state index in [-0.39, 0.29) is 35.3 Å². The fourth-order valence-corrected chi connectivity index (χ4v) is 1.63. The first-order valence-electron chi connectivity index (χ1n) is 5.87. The van der Waals surface area contributed by atoms with Gasteiger partial charge < -0.3 is 9.47 Å². The maximum Gasteiger partial charge on any atom is 0.333 e. The molecular formula is C13H18O6S. The SMILES string of the molecule is C=C(C)C(=O)OCC(CSC(C)=O)OC(=O)CC(C)=O. The van der Waals surface area contributed by atoms with Crippen molar-refractivity contribution >= 4 is 34.6 Å². The van der Waals surface area contributed by atoms with Crippen LogP contribution in [0.4, 0.5) is 0 Å². The molecule has 0 N–H and O–H groups in total. The summed E-state index contributed by atoms with van der Waals surface area (Å²) in [6, 6.07) is 0. The largest absolute Gasteiger partial charge is 0.458 e. The van der Waals surface area contributed by atoms with E-state index < -0.39 is 18.0 Å². The maximum atomic E-state index is 11.4. The fraction of sp³-hybridized carbons (Fsp3) is 0.538. The lowest BCUT2D eigenvalue weighted by Crippen LogP contribution is -2.28. The molecule has 0 amide bonds. The quantitative estimate of drug-likeness (QED) is 0.379. The monoisotopic (exact) mass is 302 g/mol. The molecule has 0 rings (SSSR count). The molecule has 0 radical (unpaired) electrons. The smallest absolute Gasteiger partial charge is 0.333 e. The molecule has 0 aliphatic rings. The van der Waals surface area contributed by atoms with Gasteiger partial charge in [0.25, 0.3) is 0 Å². The van der Waals surface area contributed by atoms with E-state index >= 15 is 0 Å². The van der Waals surface area contributed by atoms with E-state index in [0.717, 1.165) is 11.8 Å². The Balaban J connectivity index is 4.43. The Morgan fingerprint density at radius 3 is 2.20 bits per heavy atom. The first kappa shape index (κ1) is 18.4. The molecule has 6 nitrogen and oxygen atoms in total. The van der Waals surface area contributed by atoms with Gasteiger partial charge in [-0.1, -0.05) is 18.3 Å². The Morgan fingerprint density at radius 2 is 1.75 bits per heavy atom. The van der Waals surface area contributed by atoms with Crippen LogP contribution < -0.4 is 0 Å². The van der Waals surface area contributed by atoms with E-state index in [2.05, 4.69) is 6.58 Å². The van der Waals surface area contributed by atoms with Gasteiger partial charge in [-0.2, -0.15) is 0 Å². The Labute approximate surface area is 121 Å². The molecule has 1 unspecified atom stereocenters.